The fraction of sp³-hybridized carbons (Fsp3) is 0.417. The molecule has 0 bridgehead atoms. The molecule has 1 aliphatic rings. The van der Waals surface area contributed by atoms with Crippen molar-refractivity contribution >= 4 is 23.2 Å². The van der Waals surface area contributed by atoms with Crippen LogP contribution >= 0.6 is 11.3 Å². The van der Waals surface area contributed by atoms with E-state index in [1.54, 1.807) is 6.20 Å². The average Bonchev–Trinajstić information content (AvgIpc) is 2.89. The fourth-order valence-electron chi connectivity index (χ4n) is 2.01. The van der Waals surface area contributed by atoms with Gasteiger partial charge in [0.15, 0.2) is 0 Å². The van der Waals surface area contributed by atoms with Crippen molar-refractivity contribution in [3.63, 3.8) is 0 Å². The molecule has 0 fully saturated rings. The van der Waals surface area contributed by atoms with Crippen LogP contribution < -0.4 is 5.32 Å². The summed E-state index contributed by atoms with van der Waals surface area (Å²) in [6.45, 7) is 0.364. The van der Waals surface area contributed by atoms with Crippen LogP contribution in [-0.2, 0) is 16.1 Å². The first-order valence-electron chi connectivity index (χ1n) is 5.72. The molecule has 1 heterocycles. The van der Waals surface area contributed by atoms with Gasteiger partial charge >= 0.3 is 5.97 Å². The van der Waals surface area contributed by atoms with Gasteiger partial charge < -0.3 is 10.4 Å². The number of hydrogen-bond acceptors (Lipinski definition) is 4. The minimum atomic E-state index is -0.909. The van der Waals surface area contributed by atoms with E-state index in [0.717, 1.165) is 5.01 Å². The van der Waals surface area contributed by atoms with Crippen molar-refractivity contribution in [2.75, 3.05) is 0 Å². The Bertz CT molecular complexity index is 456. The second-order valence-electron chi connectivity index (χ2n) is 4.14. The van der Waals surface area contributed by atoms with Gasteiger partial charge in [0.05, 0.1) is 18.4 Å². The number of carboxylic acid groups (broad SMARTS) is 1. The first kappa shape index (κ1) is 12.8. The summed E-state index contributed by atoms with van der Waals surface area (Å²) < 4.78 is 0. The molecule has 1 aromatic heterocycles. The lowest BCUT2D eigenvalue weighted by Gasteiger charge is -2.23. The van der Waals surface area contributed by atoms with Crippen molar-refractivity contribution in [2.45, 2.75) is 19.4 Å². The summed E-state index contributed by atoms with van der Waals surface area (Å²) in [5, 5.41) is 14.5. The summed E-state index contributed by atoms with van der Waals surface area (Å²) in [5.41, 5.74) is 0. The molecule has 0 saturated heterocycles. The second kappa shape index (κ2) is 5.77. The van der Waals surface area contributed by atoms with Crippen LogP contribution in [0.5, 0.6) is 0 Å². The van der Waals surface area contributed by atoms with Crippen molar-refractivity contribution in [1.82, 2.24) is 10.3 Å². The molecular formula is C12H14N2O3S. The SMILES string of the molecule is O=C(O)C1CC=CCC1C(=O)NCc1nccs1. The van der Waals surface area contributed by atoms with Crippen molar-refractivity contribution in [1.29, 1.82) is 0 Å². The van der Waals surface area contributed by atoms with Crippen LogP contribution in [0.4, 0.5) is 0 Å². The maximum absolute atomic E-state index is 12.0. The predicted molar refractivity (Wildman–Crippen MR) is 67.0 cm³/mol. The molecule has 5 nitrogen and oxygen atoms in total. The number of carbonyl (C=O) groups excluding carboxylic acids is 1. The Balaban J connectivity index is 1.94. The normalized spacial score (nSPS) is 22.7. The van der Waals surface area contributed by atoms with Crippen LogP contribution in [0.2, 0.25) is 0 Å². The molecule has 2 unspecified atom stereocenters. The number of nitrogens with one attached hydrogen (secondary N) is 1. The smallest absolute Gasteiger partial charge is 0.307 e. The van der Waals surface area contributed by atoms with Crippen LogP contribution in [0.3, 0.4) is 0 Å². The zero-order chi connectivity index (χ0) is 13.0. The molecule has 2 N–H and O–H groups in total. The lowest BCUT2D eigenvalue weighted by atomic mass is 9.82. The highest BCUT2D eigenvalue weighted by atomic mass is 32.1. The Kier molecular flexibility index (Phi) is 4.09. The molecule has 0 spiro atoms. The van der Waals surface area contributed by atoms with E-state index in [4.69, 9.17) is 5.11 Å². The van der Waals surface area contributed by atoms with Gasteiger partial charge in [-0.25, -0.2) is 4.98 Å². The maximum Gasteiger partial charge on any atom is 0.307 e. The third kappa shape index (κ3) is 2.95. The maximum atomic E-state index is 12.0. The summed E-state index contributed by atoms with van der Waals surface area (Å²) >= 11 is 1.46. The number of carbonyl (C=O) groups is 2. The van der Waals surface area contributed by atoms with Gasteiger partial charge in [0.25, 0.3) is 0 Å². The number of carboxylic acids is 1. The summed E-state index contributed by atoms with van der Waals surface area (Å²) in [4.78, 5) is 27.1. The van der Waals surface area contributed by atoms with E-state index >= 15 is 0 Å². The van der Waals surface area contributed by atoms with E-state index in [0.29, 0.717) is 19.4 Å². The van der Waals surface area contributed by atoms with Gasteiger partial charge in [0.1, 0.15) is 5.01 Å². The molecule has 1 aliphatic carbocycles. The number of thiazole rings is 1. The van der Waals surface area contributed by atoms with Gasteiger partial charge in [-0.1, -0.05) is 12.2 Å². The summed E-state index contributed by atoms with van der Waals surface area (Å²) in [6.07, 6.45) is 6.28. The van der Waals surface area contributed by atoms with Crippen LogP contribution in [0.25, 0.3) is 0 Å². The van der Waals surface area contributed by atoms with Crippen LogP contribution in [-0.4, -0.2) is 22.0 Å². The molecule has 1 aromatic rings. The highest BCUT2D eigenvalue weighted by Crippen LogP contribution is 2.26. The lowest BCUT2D eigenvalue weighted by Crippen LogP contribution is -2.38. The summed E-state index contributed by atoms with van der Waals surface area (Å²) in [6, 6.07) is 0. The zero-order valence-corrected chi connectivity index (χ0v) is 10.5. The molecule has 0 aromatic carbocycles. The Morgan fingerprint density at radius 1 is 1.39 bits per heavy atom. The molecule has 6 heteroatoms. The fourth-order valence-corrected chi connectivity index (χ4v) is 2.57. The van der Waals surface area contributed by atoms with E-state index in [9.17, 15) is 9.59 Å². The second-order valence-corrected chi connectivity index (χ2v) is 5.12. The predicted octanol–water partition coefficient (Wildman–Crippen LogP) is 1.43. The minimum Gasteiger partial charge on any atom is -0.481 e. The zero-order valence-electron chi connectivity index (χ0n) is 9.70. The van der Waals surface area contributed by atoms with E-state index in [1.807, 2.05) is 17.5 Å². The monoisotopic (exact) mass is 266 g/mol. The molecule has 2 atom stereocenters. The van der Waals surface area contributed by atoms with Gasteiger partial charge in [-0.2, -0.15) is 0 Å². The third-order valence-electron chi connectivity index (χ3n) is 2.98. The quantitative estimate of drug-likeness (QED) is 0.808. The molecule has 0 aliphatic heterocycles. The molecule has 2 rings (SSSR count). The van der Waals surface area contributed by atoms with E-state index in [1.165, 1.54) is 11.3 Å². The van der Waals surface area contributed by atoms with Gasteiger partial charge in [0.2, 0.25) is 5.91 Å². The number of aromatic nitrogens is 1. The Hall–Kier alpha value is -1.69. The molecule has 1 amide bonds. The number of hydrogen-bond donors (Lipinski definition) is 2. The van der Waals surface area contributed by atoms with E-state index in [-0.39, 0.29) is 5.91 Å². The molecule has 18 heavy (non-hydrogen) atoms. The van der Waals surface area contributed by atoms with E-state index < -0.39 is 17.8 Å². The van der Waals surface area contributed by atoms with Crippen LogP contribution in [0, 0.1) is 11.8 Å². The average molecular weight is 266 g/mol. The van der Waals surface area contributed by atoms with Crippen LogP contribution in [0.1, 0.15) is 17.8 Å². The lowest BCUT2D eigenvalue weighted by molar-refractivity contribution is -0.147. The summed E-state index contributed by atoms with van der Waals surface area (Å²) in [7, 11) is 0. The number of rotatable bonds is 4. The Labute approximate surface area is 109 Å². The first-order chi connectivity index (χ1) is 8.68. The number of allylic oxidation sites excluding steroid dienone is 2. The number of aliphatic carboxylic acids is 1. The van der Waals surface area contributed by atoms with Gasteiger partial charge in [-0.15, -0.1) is 11.3 Å². The van der Waals surface area contributed by atoms with Gasteiger partial charge in [-0.05, 0) is 12.8 Å². The Morgan fingerprint density at radius 3 is 2.72 bits per heavy atom. The van der Waals surface area contributed by atoms with Crippen molar-refractivity contribution < 1.29 is 14.7 Å². The molecule has 0 radical (unpaired) electrons. The topological polar surface area (TPSA) is 79.3 Å². The van der Waals surface area contributed by atoms with Crippen molar-refractivity contribution in [2.24, 2.45) is 11.8 Å². The highest BCUT2D eigenvalue weighted by molar-refractivity contribution is 7.09. The largest absolute Gasteiger partial charge is 0.481 e. The van der Waals surface area contributed by atoms with Crippen LogP contribution in [0.15, 0.2) is 23.7 Å². The standard InChI is InChI=1S/C12H14N2O3S/c15-11(14-7-10-13-5-6-18-10)8-3-1-2-4-9(8)12(16)17/h1-2,5-6,8-9H,3-4,7H2,(H,14,15)(H,16,17). The van der Waals surface area contributed by atoms with Gasteiger partial charge in [0, 0.05) is 11.6 Å². The molecular weight excluding hydrogens is 252 g/mol. The molecule has 0 saturated carbocycles. The van der Waals surface area contributed by atoms with E-state index in [2.05, 4.69) is 10.3 Å². The van der Waals surface area contributed by atoms with Crippen molar-refractivity contribution in [3.05, 3.63) is 28.7 Å². The Morgan fingerprint density at radius 2 is 2.11 bits per heavy atom. The first-order valence-corrected chi connectivity index (χ1v) is 6.60. The van der Waals surface area contributed by atoms with Gasteiger partial charge in [-0.3, -0.25) is 9.59 Å². The minimum absolute atomic E-state index is 0.207. The number of nitrogens with zero attached hydrogens (tertiary/aromatic N) is 1. The number of amides is 1. The summed E-state index contributed by atoms with van der Waals surface area (Å²) in [5.74, 6) is -2.21. The molecule has 96 valence electrons. The third-order valence-corrected chi connectivity index (χ3v) is 3.76. The van der Waals surface area contributed by atoms with Crippen molar-refractivity contribution in [3.8, 4) is 0 Å². The highest BCUT2D eigenvalue weighted by Gasteiger charge is 2.33.